The number of hydrogen-bond donors (Lipinski definition) is 1. The molecule has 0 bridgehead atoms. The fourth-order valence-electron chi connectivity index (χ4n) is 3.05. The third-order valence-electron chi connectivity index (χ3n) is 3.91. The molecular formula is C16H18BrNO. The Hall–Kier alpha value is -1.06. The molecule has 0 saturated carbocycles. The maximum atomic E-state index is 5.68. The molecule has 1 aromatic carbocycles. The minimum atomic E-state index is 0.279. The maximum absolute atomic E-state index is 5.68. The molecule has 3 heteroatoms. The third-order valence-corrected chi connectivity index (χ3v) is 4.56. The van der Waals surface area contributed by atoms with Gasteiger partial charge in [0.15, 0.2) is 0 Å². The van der Waals surface area contributed by atoms with E-state index >= 15 is 0 Å². The zero-order valence-corrected chi connectivity index (χ0v) is 12.6. The SMILES string of the molecule is CCNC(c1occc1Br)C1Cc2ccccc2C1. The van der Waals surface area contributed by atoms with Crippen LogP contribution in [0.3, 0.4) is 0 Å². The first kappa shape index (κ1) is 12.9. The van der Waals surface area contributed by atoms with Crippen molar-refractivity contribution in [3.63, 3.8) is 0 Å². The van der Waals surface area contributed by atoms with E-state index in [-0.39, 0.29) is 6.04 Å². The Morgan fingerprint density at radius 2 is 1.95 bits per heavy atom. The molecule has 19 heavy (non-hydrogen) atoms. The minimum Gasteiger partial charge on any atom is -0.466 e. The molecule has 1 heterocycles. The lowest BCUT2D eigenvalue weighted by Crippen LogP contribution is -2.28. The molecule has 1 unspecified atom stereocenters. The van der Waals surface area contributed by atoms with E-state index in [4.69, 9.17) is 4.42 Å². The van der Waals surface area contributed by atoms with Crippen molar-refractivity contribution in [2.24, 2.45) is 5.92 Å². The molecule has 1 aliphatic rings. The van der Waals surface area contributed by atoms with Gasteiger partial charge in [0, 0.05) is 0 Å². The molecule has 1 N–H and O–H groups in total. The minimum absolute atomic E-state index is 0.279. The van der Waals surface area contributed by atoms with Crippen LogP contribution in [0, 0.1) is 5.92 Å². The van der Waals surface area contributed by atoms with E-state index in [2.05, 4.69) is 52.4 Å². The number of halogens is 1. The Bertz CT molecular complexity index is 538. The van der Waals surface area contributed by atoms with Gasteiger partial charge < -0.3 is 9.73 Å². The zero-order valence-electron chi connectivity index (χ0n) is 11.0. The van der Waals surface area contributed by atoms with Gasteiger partial charge in [-0.1, -0.05) is 31.2 Å². The summed E-state index contributed by atoms with van der Waals surface area (Å²) in [5.74, 6) is 1.60. The Morgan fingerprint density at radius 3 is 2.47 bits per heavy atom. The lowest BCUT2D eigenvalue weighted by Gasteiger charge is -2.22. The van der Waals surface area contributed by atoms with Crippen LogP contribution >= 0.6 is 15.9 Å². The summed E-state index contributed by atoms with van der Waals surface area (Å²) in [6.07, 6.45) is 4.01. The number of fused-ring (bicyclic) bond motifs is 1. The molecule has 0 fully saturated rings. The fraction of sp³-hybridized carbons (Fsp3) is 0.375. The molecule has 2 aromatic rings. The summed E-state index contributed by atoms with van der Waals surface area (Å²) >= 11 is 3.59. The van der Waals surface area contributed by atoms with Gasteiger partial charge in [0.25, 0.3) is 0 Å². The Morgan fingerprint density at radius 1 is 1.26 bits per heavy atom. The van der Waals surface area contributed by atoms with E-state index in [1.165, 1.54) is 11.1 Å². The second-order valence-corrected chi connectivity index (χ2v) is 5.96. The van der Waals surface area contributed by atoms with Crippen molar-refractivity contribution >= 4 is 15.9 Å². The number of hydrogen-bond acceptors (Lipinski definition) is 2. The van der Waals surface area contributed by atoms with Crippen LogP contribution in [0.25, 0.3) is 0 Å². The lowest BCUT2D eigenvalue weighted by molar-refractivity contribution is 0.319. The van der Waals surface area contributed by atoms with Gasteiger partial charge in [-0.05, 0) is 58.4 Å². The van der Waals surface area contributed by atoms with Crippen LogP contribution in [-0.4, -0.2) is 6.54 Å². The second kappa shape index (κ2) is 5.51. The summed E-state index contributed by atoms with van der Waals surface area (Å²) < 4.78 is 6.75. The lowest BCUT2D eigenvalue weighted by atomic mass is 9.94. The van der Waals surface area contributed by atoms with Crippen LogP contribution in [0.1, 0.15) is 29.9 Å². The van der Waals surface area contributed by atoms with Crippen molar-refractivity contribution < 1.29 is 4.42 Å². The third kappa shape index (κ3) is 2.49. The molecule has 2 nitrogen and oxygen atoms in total. The maximum Gasteiger partial charge on any atom is 0.135 e. The van der Waals surface area contributed by atoms with Crippen LogP contribution in [0.4, 0.5) is 0 Å². The number of benzene rings is 1. The predicted molar refractivity (Wildman–Crippen MR) is 80.2 cm³/mol. The largest absolute Gasteiger partial charge is 0.466 e. The molecule has 0 saturated heterocycles. The highest BCUT2D eigenvalue weighted by Gasteiger charge is 2.31. The first-order chi connectivity index (χ1) is 9.29. The number of furan rings is 1. The van der Waals surface area contributed by atoms with Gasteiger partial charge in [0.05, 0.1) is 16.8 Å². The normalized spacial score (nSPS) is 16.5. The highest BCUT2D eigenvalue weighted by Crippen LogP contribution is 2.37. The van der Waals surface area contributed by atoms with E-state index in [0.29, 0.717) is 5.92 Å². The quantitative estimate of drug-likeness (QED) is 0.917. The number of rotatable bonds is 4. The smallest absolute Gasteiger partial charge is 0.135 e. The molecule has 0 amide bonds. The van der Waals surface area contributed by atoms with E-state index in [9.17, 15) is 0 Å². The molecule has 0 radical (unpaired) electrons. The van der Waals surface area contributed by atoms with Crippen molar-refractivity contribution in [2.75, 3.05) is 6.54 Å². The average molecular weight is 320 g/mol. The number of nitrogens with one attached hydrogen (secondary N) is 1. The van der Waals surface area contributed by atoms with Gasteiger partial charge in [-0.3, -0.25) is 0 Å². The van der Waals surface area contributed by atoms with Crippen LogP contribution in [0.5, 0.6) is 0 Å². The van der Waals surface area contributed by atoms with Gasteiger partial charge >= 0.3 is 0 Å². The average Bonchev–Trinajstić information content (AvgIpc) is 3.02. The summed E-state index contributed by atoms with van der Waals surface area (Å²) in [5, 5.41) is 3.58. The van der Waals surface area contributed by atoms with Gasteiger partial charge in [-0.15, -0.1) is 0 Å². The molecule has 0 aliphatic heterocycles. The van der Waals surface area contributed by atoms with Gasteiger partial charge in [-0.2, -0.15) is 0 Å². The van der Waals surface area contributed by atoms with E-state index < -0.39 is 0 Å². The van der Waals surface area contributed by atoms with Crippen molar-refractivity contribution in [1.29, 1.82) is 0 Å². The summed E-state index contributed by atoms with van der Waals surface area (Å²) in [6, 6.07) is 11.0. The molecular weight excluding hydrogens is 302 g/mol. The van der Waals surface area contributed by atoms with Crippen molar-refractivity contribution in [2.45, 2.75) is 25.8 Å². The second-order valence-electron chi connectivity index (χ2n) is 5.11. The summed E-state index contributed by atoms with van der Waals surface area (Å²) in [6.45, 7) is 3.09. The van der Waals surface area contributed by atoms with Crippen LogP contribution in [0.2, 0.25) is 0 Å². The fourth-order valence-corrected chi connectivity index (χ4v) is 3.50. The highest BCUT2D eigenvalue weighted by molar-refractivity contribution is 9.10. The molecule has 1 atom stereocenters. The molecule has 1 aromatic heterocycles. The Balaban J connectivity index is 1.86. The highest BCUT2D eigenvalue weighted by atomic mass is 79.9. The van der Waals surface area contributed by atoms with E-state index in [0.717, 1.165) is 29.6 Å². The van der Waals surface area contributed by atoms with Gasteiger partial charge in [-0.25, -0.2) is 0 Å². The molecule has 3 rings (SSSR count). The van der Waals surface area contributed by atoms with Crippen LogP contribution in [0.15, 0.2) is 45.5 Å². The summed E-state index contributed by atoms with van der Waals surface area (Å²) in [7, 11) is 0. The monoisotopic (exact) mass is 319 g/mol. The Kier molecular flexibility index (Phi) is 3.76. The van der Waals surface area contributed by atoms with E-state index in [1.54, 1.807) is 6.26 Å². The van der Waals surface area contributed by atoms with Crippen molar-refractivity contribution in [3.05, 3.63) is 58.0 Å². The summed E-state index contributed by atoms with van der Waals surface area (Å²) in [4.78, 5) is 0. The first-order valence-electron chi connectivity index (χ1n) is 6.82. The van der Waals surface area contributed by atoms with Crippen LogP contribution in [-0.2, 0) is 12.8 Å². The van der Waals surface area contributed by atoms with Crippen molar-refractivity contribution in [1.82, 2.24) is 5.32 Å². The Labute approximate surface area is 122 Å². The van der Waals surface area contributed by atoms with Crippen LogP contribution < -0.4 is 5.32 Å². The standard InChI is InChI=1S/C16H18BrNO/c1-2-18-15(16-14(17)7-8-19-16)13-9-11-5-3-4-6-12(11)10-13/h3-8,13,15,18H,2,9-10H2,1H3. The topological polar surface area (TPSA) is 25.2 Å². The predicted octanol–water partition coefficient (Wildman–Crippen LogP) is 4.11. The van der Waals surface area contributed by atoms with Crippen molar-refractivity contribution in [3.8, 4) is 0 Å². The first-order valence-corrected chi connectivity index (χ1v) is 7.62. The molecule has 0 spiro atoms. The summed E-state index contributed by atoms with van der Waals surface area (Å²) in [5.41, 5.74) is 2.97. The van der Waals surface area contributed by atoms with E-state index in [1.807, 2.05) is 6.07 Å². The van der Waals surface area contributed by atoms with Gasteiger partial charge in [0.2, 0.25) is 0 Å². The van der Waals surface area contributed by atoms with Gasteiger partial charge in [0.1, 0.15) is 5.76 Å². The zero-order chi connectivity index (χ0) is 13.2. The molecule has 1 aliphatic carbocycles. The molecule has 100 valence electrons.